The number of ether oxygens (including phenoxy) is 2. The van der Waals surface area contributed by atoms with E-state index in [1.807, 2.05) is 37.3 Å². The Bertz CT molecular complexity index is 1080. The minimum atomic E-state index is -0.166. The highest BCUT2D eigenvalue weighted by atomic mass is 35.5. The third-order valence-corrected chi connectivity index (χ3v) is 4.90. The average Bonchev–Trinajstić information content (AvgIpc) is 3.10. The number of rotatable bonds is 3. The molecule has 0 radical (unpaired) electrons. The Labute approximate surface area is 155 Å². The number of nitrogens with one attached hydrogen (secondary N) is 2. The van der Waals surface area contributed by atoms with Gasteiger partial charge in [-0.05, 0) is 48.9 Å². The molecule has 6 heteroatoms. The van der Waals surface area contributed by atoms with Gasteiger partial charge in [-0.15, -0.1) is 0 Å². The van der Waals surface area contributed by atoms with Crippen molar-refractivity contribution in [2.45, 2.75) is 6.92 Å². The number of hydrogen-bond acceptors (Lipinski definition) is 3. The fourth-order valence-corrected chi connectivity index (χ4v) is 3.52. The van der Waals surface area contributed by atoms with E-state index < -0.39 is 0 Å². The summed E-state index contributed by atoms with van der Waals surface area (Å²) in [5.41, 5.74) is 4.70. The van der Waals surface area contributed by atoms with Gasteiger partial charge in [-0.25, -0.2) is 0 Å². The topological polar surface area (TPSA) is 63.4 Å². The monoisotopic (exact) mass is 368 g/mol. The summed E-state index contributed by atoms with van der Waals surface area (Å²) in [6, 6.07) is 9.44. The Hall–Kier alpha value is -2.92. The molecular formula is C20H17ClN2O3. The second-order valence-electron chi connectivity index (χ2n) is 6.14. The van der Waals surface area contributed by atoms with Crippen molar-refractivity contribution in [1.29, 1.82) is 0 Å². The summed E-state index contributed by atoms with van der Waals surface area (Å²) in [5.74, 6) is 1.29. The molecule has 0 bridgehead atoms. The van der Waals surface area contributed by atoms with Crippen molar-refractivity contribution in [2.75, 3.05) is 19.5 Å². The van der Waals surface area contributed by atoms with Crippen molar-refractivity contribution >= 4 is 45.7 Å². The number of carbonyl (C=O) groups is 1. The molecule has 3 aromatic rings. The zero-order valence-electron chi connectivity index (χ0n) is 14.6. The van der Waals surface area contributed by atoms with Crippen LogP contribution < -0.4 is 14.8 Å². The highest BCUT2D eigenvalue weighted by Gasteiger charge is 2.26. The van der Waals surface area contributed by atoms with Crippen LogP contribution in [-0.2, 0) is 4.79 Å². The van der Waals surface area contributed by atoms with Gasteiger partial charge in [0.2, 0.25) is 0 Å². The second-order valence-corrected chi connectivity index (χ2v) is 6.52. The van der Waals surface area contributed by atoms with Gasteiger partial charge in [0.05, 0.1) is 14.2 Å². The molecule has 1 aromatic heterocycles. The lowest BCUT2D eigenvalue weighted by molar-refractivity contribution is -0.110. The van der Waals surface area contributed by atoms with E-state index in [1.54, 1.807) is 20.3 Å². The van der Waals surface area contributed by atoms with Crippen LogP contribution in [0.5, 0.6) is 11.5 Å². The predicted octanol–water partition coefficient (Wildman–Crippen LogP) is 4.64. The highest BCUT2D eigenvalue weighted by Crippen LogP contribution is 2.39. The molecule has 0 fully saturated rings. The van der Waals surface area contributed by atoms with E-state index in [0.717, 1.165) is 44.8 Å². The lowest BCUT2D eigenvalue weighted by Crippen LogP contribution is -2.03. The van der Waals surface area contributed by atoms with Crippen molar-refractivity contribution < 1.29 is 14.3 Å². The van der Waals surface area contributed by atoms with Gasteiger partial charge in [0, 0.05) is 33.3 Å². The Kier molecular flexibility index (Phi) is 3.89. The summed E-state index contributed by atoms with van der Waals surface area (Å²) in [4.78, 5) is 15.7. The summed E-state index contributed by atoms with van der Waals surface area (Å²) in [7, 11) is 3.23. The number of carbonyl (C=O) groups excluding carboxylic acids is 1. The largest absolute Gasteiger partial charge is 0.497 e. The lowest BCUT2D eigenvalue weighted by atomic mass is 10.0. The molecule has 132 valence electrons. The van der Waals surface area contributed by atoms with Crippen LogP contribution in [0.15, 0.2) is 30.3 Å². The van der Waals surface area contributed by atoms with Gasteiger partial charge in [0.1, 0.15) is 16.7 Å². The molecule has 2 N–H and O–H groups in total. The molecule has 1 aliphatic rings. The molecule has 26 heavy (non-hydrogen) atoms. The number of aromatic nitrogens is 1. The molecule has 5 nitrogen and oxygen atoms in total. The number of anilines is 1. The molecule has 0 atom stereocenters. The first-order valence-electron chi connectivity index (χ1n) is 8.09. The highest BCUT2D eigenvalue weighted by molar-refractivity contribution is 6.38. The first-order valence-corrected chi connectivity index (χ1v) is 8.47. The Morgan fingerprint density at radius 3 is 2.65 bits per heavy atom. The fraction of sp³-hybridized carbons (Fsp3) is 0.150. The van der Waals surface area contributed by atoms with E-state index >= 15 is 0 Å². The molecule has 0 unspecified atom stereocenters. The number of methoxy groups -OCH3 is 2. The Balaban J connectivity index is 1.92. The van der Waals surface area contributed by atoms with Crippen LogP contribution >= 0.6 is 11.6 Å². The van der Waals surface area contributed by atoms with Crippen molar-refractivity contribution in [2.24, 2.45) is 0 Å². The standard InChI is InChI=1S/C20H17ClN2O3/c1-10-6-17-13(9-18(10)26-3)15(20(24)23-17)8-14-12-7-11(25-2)4-5-16(12)22-19(14)21/h4-9,22H,1-3H3,(H,23,24). The molecule has 1 amide bonds. The van der Waals surface area contributed by atoms with Gasteiger partial charge in [-0.1, -0.05) is 11.6 Å². The lowest BCUT2D eigenvalue weighted by Gasteiger charge is -2.07. The van der Waals surface area contributed by atoms with Crippen molar-refractivity contribution in [3.8, 4) is 11.5 Å². The normalized spacial score (nSPS) is 14.6. The zero-order chi connectivity index (χ0) is 18.4. The minimum absolute atomic E-state index is 0.166. The summed E-state index contributed by atoms with van der Waals surface area (Å²) in [5, 5.41) is 4.27. The summed E-state index contributed by atoms with van der Waals surface area (Å²) < 4.78 is 10.7. The van der Waals surface area contributed by atoms with Gasteiger partial charge in [0.25, 0.3) is 5.91 Å². The van der Waals surface area contributed by atoms with E-state index in [2.05, 4.69) is 10.3 Å². The quantitative estimate of drug-likeness (QED) is 0.662. The Morgan fingerprint density at radius 1 is 1.12 bits per heavy atom. The third kappa shape index (κ3) is 2.52. The van der Waals surface area contributed by atoms with E-state index in [1.165, 1.54) is 0 Å². The van der Waals surface area contributed by atoms with Gasteiger partial charge >= 0.3 is 0 Å². The predicted molar refractivity (Wildman–Crippen MR) is 104 cm³/mol. The zero-order valence-corrected chi connectivity index (χ0v) is 15.3. The van der Waals surface area contributed by atoms with Crippen molar-refractivity contribution in [3.05, 3.63) is 52.2 Å². The number of hydrogen-bond donors (Lipinski definition) is 2. The Morgan fingerprint density at radius 2 is 1.92 bits per heavy atom. The second kappa shape index (κ2) is 6.11. The van der Waals surface area contributed by atoms with Gasteiger partial charge in [-0.2, -0.15) is 0 Å². The maximum Gasteiger partial charge on any atom is 0.256 e. The van der Waals surface area contributed by atoms with E-state index in [9.17, 15) is 4.79 Å². The van der Waals surface area contributed by atoms with Crippen LogP contribution in [0.4, 0.5) is 5.69 Å². The average molecular weight is 369 g/mol. The van der Waals surface area contributed by atoms with Crippen LogP contribution in [0.1, 0.15) is 16.7 Å². The molecule has 2 heterocycles. The molecule has 2 aromatic carbocycles. The first-order chi connectivity index (χ1) is 12.5. The number of aryl methyl sites for hydroxylation is 1. The summed E-state index contributed by atoms with van der Waals surface area (Å²) in [6.45, 7) is 1.94. The maximum absolute atomic E-state index is 12.5. The molecular weight excluding hydrogens is 352 g/mol. The fourth-order valence-electron chi connectivity index (χ4n) is 3.26. The molecule has 1 aliphatic heterocycles. The number of H-pyrrole nitrogens is 1. The van der Waals surface area contributed by atoms with Gasteiger partial charge < -0.3 is 19.8 Å². The van der Waals surface area contributed by atoms with E-state index in [4.69, 9.17) is 21.1 Å². The number of benzene rings is 2. The number of halogens is 1. The van der Waals surface area contributed by atoms with E-state index in [-0.39, 0.29) is 5.91 Å². The maximum atomic E-state index is 12.5. The van der Waals surface area contributed by atoms with Crippen molar-refractivity contribution in [3.63, 3.8) is 0 Å². The smallest absolute Gasteiger partial charge is 0.256 e. The number of amides is 1. The van der Waals surface area contributed by atoms with Crippen LogP contribution in [0.25, 0.3) is 22.6 Å². The van der Waals surface area contributed by atoms with Crippen molar-refractivity contribution in [1.82, 2.24) is 4.98 Å². The molecule has 4 rings (SSSR count). The summed E-state index contributed by atoms with van der Waals surface area (Å²) in [6.07, 6.45) is 1.80. The number of fused-ring (bicyclic) bond motifs is 2. The van der Waals surface area contributed by atoms with Crippen LogP contribution in [-0.4, -0.2) is 25.1 Å². The molecule has 0 saturated carbocycles. The molecule has 0 aliphatic carbocycles. The molecule has 0 spiro atoms. The SMILES string of the molecule is COc1ccc2[nH]c(Cl)c(C=C3C(=O)Nc4cc(C)c(OC)cc43)c2c1. The van der Waals surface area contributed by atoms with Crippen LogP contribution in [0.2, 0.25) is 5.15 Å². The number of aromatic amines is 1. The van der Waals surface area contributed by atoms with Crippen LogP contribution in [0, 0.1) is 6.92 Å². The van der Waals surface area contributed by atoms with Gasteiger partial charge in [0.15, 0.2) is 0 Å². The van der Waals surface area contributed by atoms with E-state index in [0.29, 0.717) is 10.7 Å². The minimum Gasteiger partial charge on any atom is -0.497 e. The first kappa shape index (κ1) is 16.5. The van der Waals surface area contributed by atoms with Crippen LogP contribution in [0.3, 0.4) is 0 Å². The third-order valence-electron chi connectivity index (χ3n) is 4.60. The van der Waals surface area contributed by atoms with Gasteiger partial charge in [-0.3, -0.25) is 4.79 Å². The summed E-state index contributed by atoms with van der Waals surface area (Å²) >= 11 is 6.40. The molecule has 0 saturated heterocycles.